The second-order valence-electron chi connectivity index (χ2n) is 6.68. The van der Waals surface area contributed by atoms with Crippen molar-refractivity contribution < 1.29 is 14.3 Å². The fourth-order valence-electron chi connectivity index (χ4n) is 2.89. The van der Waals surface area contributed by atoms with E-state index in [1.807, 2.05) is 30.9 Å². The molecular weight excluding hydrogens is 459 g/mol. The van der Waals surface area contributed by atoms with Crippen molar-refractivity contribution in [2.45, 2.75) is 32.9 Å². The lowest BCUT2D eigenvalue weighted by Gasteiger charge is -2.20. The summed E-state index contributed by atoms with van der Waals surface area (Å²) in [7, 11) is 3.09. The van der Waals surface area contributed by atoms with Crippen LogP contribution in [0.1, 0.15) is 36.2 Å². The summed E-state index contributed by atoms with van der Waals surface area (Å²) >= 11 is 0. The van der Waals surface area contributed by atoms with Crippen molar-refractivity contribution in [3.63, 3.8) is 0 Å². The fraction of sp³-hybridized carbons (Fsp3) is 0.526. The average Bonchev–Trinajstić information content (AvgIpc) is 3.12. The summed E-state index contributed by atoms with van der Waals surface area (Å²) in [6.45, 7) is 5.92. The molecule has 1 aromatic carbocycles. The first-order chi connectivity index (χ1) is 12.4. The van der Waals surface area contributed by atoms with Crippen LogP contribution in [-0.4, -0.2) is 56.0 Å². The van der Waals surface area contributed by atoms with Crippen molar-refractivity contribution in [3.8, 4) is 0 Å². The number of likely N-dealkylation sites (tertiary alicyclic amines) is 1. The molecule has 1 fully saturated rings. The lowest BCUT2D eigenvalue weighted by atomic mass is 10.1. The zero-order valence-electron chi connectivity index (χ0n) is 16.3. The third-order valence-corrected chi connectivity index (χ3v) is 4.39. The maximum absolute atomic E-state index is 12.1. The first kappa shape index (κ1) is 23.2. The molecule has 1 aliphatic rings. The van der Waals surface area contributed by atoms with Gasteiger partial charge in [0.15, 0.2) is 5.96 Å². The highest BCUT2D eigenvalue weighted by Gasteiger charge is 2.27. The van der Waals surface area contributed by atoms with Crippen LogP contribution in [0.25, 0.3) is 0 Å². The van der Waals surface area contributed by atoms with Gasteiger partial charge in [0, 0.05) is 38.6 Å². The van der Waals surface area contributed by atoms with E-state index in [1.54, 1.807) is 19.2 Å². The highest BCUT2D eigenvalue weighted by Crippen LogP contribution is 2.12. The molecule has 0 spiro atoms. The van der Waals surface area contributed by atoms with Gasteiger partial charge in [-0.3, -0.25) is 9.79 Å². The molecule has 2 N–H and O–H groups in total. The van der Waals surface area contributed by atoms with E-state index in [4.69, 9.17) is 4.74 Å². The van der Waals surface area contributed by atoms with Crippen molar-refractivity contribution in [1.82, 2.24) is 15.5 Å². The third-order valence-electron chi connectivity index (χ3n) is 4.39. The number of benzene rings is 1. The van der Waals surface area contributed by atoms with E-state index in [1.165, 1.54) is 7.11 Å². The third kappa shape index (κ3) is 6.67. The van der Waals surface area contributed by atoms with Gasteiger partial charge in [-0.2, -0.15) is 0 Å². The summed E-state index contributed by atoms with van der Waals surface area (Å²) < 4.78 is 4.69. The van der Waals surface area contributed by atoms with E-state index in [2.05, 4.69) is 15.6 Å². The van der Waals surface area contributed by atoms with Gasteiger partial charge in [-0.1, -0.05) is 26.0 Å². The van der Waals surface area contributed by atoms with E-state index in [0.29, 0.717) is 24.6 Å². The molecule has 1 aliphatic heterocycles. The molecule has 8 heteroatoms. The maximum atomic E-state index is 12.1. The van der Waals surface area contributed by atoms with Crippen LogP contribution >= 0.6 is 24.0 Å². The standard InChI is InChI=1S/C19H28N4O3.HI/c1-13(2)17(24)23-10-9-16(12-23)22-19(20-3)21-11-14-5-7-15(8-6-14)18(25)26-4;/h5-8,13,16H,9-12H2,1-4H3,(H2,20,21,22);1H. The van der Waals surface area contributed by atoms with Crippen LogP contribution in [0.15, 0.2) is 29.3 Å². The van der Waals surface area contributed by atoms with E-state index >= 15 is 0 Å². The Balaban J connectivity index is 0.00000364. The Hall–Kier alpha value is -1.84. The molecular formula is C19H29IN4O3. The van der Waals surface area contributed by atoms with Gasteiger partial charge in [0.25, 0.3) is 0 Å². The zero-order chi connectivity index (χ0) is 19.1. The molecule has 0 saturated carbocycles. The summed E-state index contributed by atoms with van der Waals surface area (Å²) in [6, 6.07) is 7.44. The Morgan fingerprint density at radius 1 is 1.30 bits per heavy atom. The summed E-state index contributed by atoms with van der Waals surface area (Å²) in [4.78, 5) is 29.7. The normalized spacial score (nSPS) is 16.7. The van der Waals surface area contributed by atoms with Crippen molar-refractivity contribution in [2.24, 2.45) is 10.9 Å². The van der Waals surface area contributed by atoms with E-state index in [9.17, 15) is 9.59 Å². The summed E-state index contributed by atoms with van der Waals surface area (Å²) in [6.07, 6.45) is 0.910. The van der Waals surface area contributed by atoms with Crippen LogP contribution in [0, 0.1) is 5.92 Å². The highest BCUT2D eigenvalue weighted by atomic mass is 127. The Kier molecular flexibility index (Phi) is 9.54. The van der Waals surface area contributed by atoms with Crippen molar-refractivity contribution >= 4 is 41.8 Å². The molecule has 1 atom stereocenters. The number of nitrogens with one attached hydrogen (secondary N) is 2. The molecule has 0 radical (unpaired) electrons. The van der Waals surface area contributed by atoms with Gasteiger partial charge in [-0.25, -0.2) is 4.79 Å². The van der Waals surface area contributed by atoms with E-state index in [-0.39, 0.29) is 47.8 Å². The smallest absolute Gasteiger partial charge is 0.337 e. The SMILES string of the molecule is CN=C(NCc1ccc(C(=O)OC)cc1)NC1CCN(C(=O)C(C)C)C1.I. The largest absolute Gasteiger partial charge is 0.465 e. The van der Waals surface area contributed by atoms with Gasteiger partial charge < -0.3 is 20.3 Å². The minimum Gasteiger partial charge on any atom is -0.465 e. The Labute approximate surface area is 178 Å². The number of methoxy groups -OCH3 is 1. The molecule has 7 nitrogen and oxygen atoms in total. The lowest BCUT2D eigenvalue weighted by Crippen LogP contribution is -2.45. The second kappa shape index (κ2) is 11.1. The van der Waals surface area contributed by atoms with Crippen molar-refractivity contribution in [1.29, 1.82) is 0 Å². The minimum absolute atomic E-state index is 0. The van der Waals surface area contributed by atoms with Crippen molar-refractivity contribution in [3.05, 3.63) is 35.4 Å². The first-order valence-corrected chi connectivity index (χ1v) is 8.87. The number of ether oxygens (including phenoxy) is 1. The molecule has 1 heterocycles. The molecule has 1 saturated heterocycles. The maximum Gasteiger partial charge on any atom is 0.337 e. The van der Waals surface area contributed by atoms with Crippen LogP contribution < -0.4 is 10.6 Å². The van der Waals surface area contributed by atoms with Crippen molar-refractivity contribution in [2.75, 3.05) is 27.2 Å². The number of carbonyl (C=O) groups excluding carboxylic acids is 2. The fourth-order valence-corrected chi connectivity index (χ4v) is 2.89. The van der Waals surface area contributed by atoms with Gasteiger partial charge in [-0.15, -0.1) is 24.0 Å². The van der Waals surface area contributed by atoms with Crippen LogP contribution in [-0.2, 0) is 16.1 Å². The van der Waals surface area contributed by atoms with Gasteiger partial charge >= 0.3 is 5.97 Å². The molecule has 27 heavy (non-hydrogen) atoms. The van der Waals surface area contributed by atoms with Crippen LogP contribution in [0.3, 0.4) is 0 Å². The number of aliphatic imine (C=N–C) groups is 1. The molecule has 1 amide bonds. The van der Waals surface area contributed by atoms with Crippen LogP contribution in [0.2, 0.25) is 0 Å². The quantitative estimate of drug-likeness (QED) is 0.287. The molecule has 0 bridgehead atoms. The summed E-state index contributed by atoms with van der Waals surface area (Å²) in [5.74, 6) is 0.580. The molecule has 2 rings (SSSR count). The predicted octanol–water partition coefficient (Wildman–Crippen LogP) is 2.01. The van der Waals surface area contributed by atoms with Gasteiger partial charge in [-0.05, 0) is 24.1 Å². The van der Waals surface area contributed by atoms with Crippen LogP contribution in [0.4, 0.5) is 0 Å². The molecule has 0 aliphatic carbocycles. The molecule has 1 unspecified atom stereocenters. The number of rotatable bonds is 5. The van der Waals surface area contributed by atoms with E-state index < -0.39 is 0 Å². The molecule has 150 valence electrons. The molecule has 1 aromatic rings. The van der Waals surface area contributed by atoms with Gasteiger partial charge in [0.2, 0.25) is 5.91 Å². The molecule has 0 aromatic heterocycles. The Bertz CT molecular complexity index is 661. The van der Waals surface area contributed by atoms with Gasteiger partial charge in [0.05, 0.1) is 12.7 Å². The Morgan fingerprint density at radius 2 is 1.96 bits per heavy atom. The number of guanidine groups is 1. The zero-order valence-corrected chi connectivity index (χ0v) is 18.7. The number of amides is 1. The van der Waals surface area contributed by atoms with Crippen LogP contribution in [0.5, 0.6) is 0 Å². The number of esters is 1. The van der Waals surface area contributed by atoms with Gasteiger partial charge in [0.1, 0.15) is 0 Å². The first-order valence-electron chi connectivity index (χ1n) is 8.87. The average molecular weight is 488 g/mol. The number of halogens is 1. The lowest BCUT2D eigenvalue weighted by molar-refractivity contribution is -0.133. The number of nitrogens with zero attached hydrogens (tertiary/aromatic N) is 2. The number of hydrogen-bond donors (Lipinski definition) is 2. The minimum atomic E-state index is -0.344. The Morgan fingerprint density at radius 3 is 2.52 bits per heavy atom. The summed E-state index contributed by atoms with van der Waals surface area (Å²) in [5, 5.41) is 6.63. The predicted molar refractivity (Wildman–Crippen MR) is 116 cm³/mol. The number of carbonyl (C=O) groups is 2. The topological polar surface area (TPSA) is 83.0 Å². The monoisotopic (exact) mass is 488 g/mol. The second-order valence-corrected chi connectivity index (χ2v) is 6.68. The highest BCUT2D eigenvalue weighted by molar-refractivity contribution is 14.0. The summed E-state index contributed by atoms with van der Waals surface area (Å²) in [5.41, 5.74) is 1.56. The van der Waals surface area contributed by atoms with E-state index in [0.717, 1.165) is 18.5 Å². The number of hydrogen-bond acceptors (Lipinski definition) is 4.